The predicted molar refractivity (Wildman–Crippen MR) is 254 cm³/mol. The number of rotatable bonds is 27. The van der Waals surface area contributed by atoms with Crippen LogP contribution in [0.2, 0.25) is 0 Å². The number of benzene rings is 1. The van der Waals surface area contributed by atoms with Gasteiger partial charge in [0.1, 0.15) is 36.3 Å². The molecule has 1 aromatic carbocycles. The number of fused-ring (bicyclic) bond motifs is 1. The number of imidazole rings is 1. The van der Waals surface area contributed by atoms with E-state index in [0.717, 1.165) is 41.8 Å². The molecule has 402 valence electrons. The summed E-state index contributed by atoms with van der Waals surface area (Å²) in [7, 11) is -16.5. The molecule has 0 radical (unpaired) electrons. The number of hydrogen-bond acceptors (Lipinski definition) is 22. The SMILES string of the molecule is CCC(CC)Nc1cc(C(=O)SCCNC(=O)CCNC(=O)C(O)C(C)(C)COP(=O)(O)OP(=O)(O)OCC2OC(n3cnc4c(N)ncnc43)C(O)C2OP(=O)(O)O)ccc1N1C(=O)CCC1(CO)CO. The van der Waals surface area contributed by atoms with E-state index in [1.54, 1.807) is 18.2 Å². The third-order valence-electron chi connectivity index (χ3n) is 11.7. The van der Waals surface area contributed by atoms with Gasteiger partial charge in [-0.1, -0.05) is 39.5 Å². The number of nitrogens with two attached hydrogens (primary N) is 1. The number of carbonyl (C=O) groups is 4. The number of amides is 3. The van der Waals surface area contributed by atoms with Crippen molar-refractivity contribution in [3.8, 4) is 0 Å². The second-order valence-electron chi connectivity index (χ2n) is 17.4. The van der Waals surface area contributed by atoms with E-state index in [-0.39, 0.29) is 72.2 Å². The van der Waals surface area contributed by atoms with Crippen molar-refractivity contribution in [2.45, 2.75) is 102 Å². The van der Waals surface area contributed by atoms with E-state index in [9.17, 15) is 72.9 Å². The van der Waals surface area contributed by atoms with Crippen LogP contribution in [0.15, 0.2) is 30.9 Å². The third-order valence-corrected chi connectivity index (χ3v) is 15.7. The van der Waals surface area contributed by atoms with E-state index in [4.69, 9.17) is 19.5 Å². The topological polar surface area (TPSA) is 436 Å². The number of phosphoric ester groups is 3. The summed E-state index contributed by atoms with van der Waals surface area (Å²) >= 11 is 0.922. The first kappa shape index (κ1) is 58.9. The zero-order valence-electron chi connectivity index (χ0n) is 39.4. The van der Waals surface area contributed by atoms with Gasteiger partial charge in [0.25, 0.3) is 0 Å². The van der Waals surface area contributed by atoms with Gasteiger partial charge in [-0.25, -0.2) is 28.6 Å². The second-order valence-corrected chi connectivity index (χ2v) is 22.7. The largest absolute Gasteiger partial charge is 0.481 e. The molecule has 33 heteroatoms. The molecule has 72 heavy (non-hydrogen) atoms. The van der Waals surface area contributed by atoms with Crippen LogP contribution in [-0.4, -0.2) is 164 Å². The number of aliphatic hydroxyl groups is 4. The van der Waals surface area contributed by atoms with Crippen LogP contribution in [0, 0.1) is 5.41 Å². The highest BCUT2D eigenvalue weighted by atomic mass is 32.2. The molecule has 0 saturated carbocycles. The van der Waals surface area contributed by atoms with Crippen molar-refractivity contribution in [2.75, 3.05) is 61.2 Å². The van der Waals surface area contributed by atoms with Gasteiger partial charge in [0.05, 0.1) is 49.7 Å². The minimum Gasteiger partial charge on any atom is -0.394 e. The maximum absolute atomic E-state index is 13.2. The summed E-state index contributed by atoms with van der Waals surface area (Å²) in [6.45, 7) is 3.22. The molecule has 2 fully saturated rings. The smallest absolute Gasteiger partial charge is 0.394 e. The van der Waals surface area contributed by atoms with Crippen molar-refractivity contribution in [2.24, 2.45) is 5.41 Å². The molecule has 2 aliphatic rings. The second kappa shape index (κ2) is 24.5. The number of nitrogen functional groups attached to an aromatic ring is 1. The average Bonchev–Trinajstić information content (AvgIpc) is 3.99. The van der Waals surface area contributed by atoms with Crippen LogP contribution in [0.25, 0.3) is 11.2 Å². The normalized spacial score (nSPS) is 21.4. The van der Waals surface area contributed by atoms with Crippen molar-refractivity contribution >= 4 is 86.4 Å². The lowest BCUT2D eigenvalue weighted by Gasteiger charge is -2.37. The highest BCUT2D eigenvalue weighted by Gasteiger charge is 2.51. The van der Waals surface area contributed by atoms with E-state index < -0.39 is 103 Å². The van der Waals surface area contributed by atoms with E-state index >= 15 is 0 Å². The molecule has 7 unspecified atom stereocenters. The molecular formula is C39H60N9O20P3S. The number of nitrogens with zero attached hydrogens (tertiary/aromatic N) is 5. The van der Waals surface area contributed by atoms with E-state index in [1.807, 2.05) is 13.8 Å². The van der Waals surface area contributed by atoms with Crippen molar-refractivity contribution in [3.05, 3.63) is 36.4 Å². The maximum atomic E-state index is 13.2. The van der Waals surface area contributed by atoms with Crippen LogP contribution >= 0.6 is 35.2 Å². The Bertz CT molecular complexity index is 2560. The van der Waals surface area contributed by atoms with Crippen molar-refractivity contribution in [3.63, 3.8) is 0 Å². The van der Waals surface area contributed by atoms with Crippen molar-refractivity contribution < 1.29 is 95.5 Å². The van der Waals surface area contributed by atoms with Gasteiger partial charge in [-0.15, -0.1) is 0 Å². The van der Waals surface area contributed by atoms with Crippen molar-refractivity contribution in [1.82, 2.24) is 30.2 Å². The Labute approximate surface area is 416 Å². The van der Waals surface area contributed by atoms with Gasteiger partial charge in [-0.2, -0.15) is 4.31 Å². The van der Waals surface area contributed by atoms with Gasteiger partial charge >= 0.3 is 23.5 Å². The van der Waals surface area contributed by atoms with Gasteiger partial charge in [0, 0.05) is 48.7 Å². The first-order valence-electron chi connectivity index (χ1n) is 22.2. The number of aromatic nitrogens is 4. The summed E-state index contributed by atoms with van der Waals surface area (Å²) in [6, 6.07) is 4.76. The van der Waals surface area contributed by atoms with E-state index in [1.165, 1.54) is 18.7 Å². The Kier molecular flexibility index (Phi) is 20.1. The van der Waals surface area contributed by atoms with Gasteiger partial charge < -0.3 is 66.4 Å². The van der Waals surface area contributed by atoms with Gasteiger partial charge in [-0.3, -0.25) is 42.2 Å². The summed E-state index contributed by atoms with van der Waals surface area (Å²) in [4.78, 5) is 104. The average molecular weight is 1100 g/mol. The number of aliphatic hydroxyl groups excluding tert-OH is 4. The number of phosphoric acid groups is 3. The summed E-state index contributed by atoms with van der Waals surface area (Å²) < 4.78 is 62.6. The zero-order valence-corrected chi connectivity index (χ0v) is 42.9. The number of thioether (sulfide) groups is 1. The first-order chi connectivity index (χ1) is 33.7. The van der Waals surface area contributed by atoms with E-state index in [0.29, 0.717) is 16.9 Å². The van der Waals surface area contributed by atoms with Crippen LogP contribution < -0.4 is 26.6 Å². The quantitative estimate of drug-likeness (QED) is 0.0364. The van der Waals surface area contributed by atoms with Gasteiger partial charge in [0.2, 0.25) is 22.8 Å². The standard InChI is InChI=1S/C39H60N9O20P3S/c1-5-23(6-2)46-24-15-22(7-8-25(24)48-28(52)9-11-39(48,17-49)18-50)37(56)72-14-13-41-27(51)10-12-42-35(55)32(54)38(3,4)19-65-71(62,63)68-70(60,61)64-16-26-31(67-69(57,58)59)30(53)36(66-26)47-21-45-29-33(40)43-20-44-34(29)47/h7-8,15,20-21,23,26,30-32,36,46,49-50,53-54H,5-6,9-14,16-19H2,1-4H3,(H,41,51)(H,42,55)(H,60,61)(H,62,63)(H2,40,43,44)(H2,57,58,59). The van der Waals surface area contributed by atoms with Gasteiger partial charge in [-0.05, 0) is 37.5 Å². The maximum Gasteiger partial charge on any atom is 0.481 e. The molecule has 7 atom stereocenters. The highest BCUT2D eigenvalue weighted by Crippen LogP contribution is 2.61. The van der Waals surface area contributed by atoms with E-state index in [2.05, 4.69) is 39.7 Å². The Morgan fingerprint density at radius 3 is 2.35 bits per heavy atom. The van der Waals surface area contributed by atoms with Crippen LogP contribution in [0.3, 0.4) is 0 Å². The molecule has 2 aliphatic heterocycles. The fourth-order valence-electron chi connectivity index (χ4n) is 7.61. The number of carbonyl (C=O) groups excluding carboxylic acids is 4. The minimum absolute atomic E-state index is 0.00115. The molecule has 0 bridgehead atoms. The monoisotopic (exact) mass is 1100 g/mol. The minimum atomic E-state index is -5.62. The van der Waals surface area contributed by atoms with Gasteiger partial charge in [0.15, 0.2) is 17.7 Å². The lowest BCUT2D eigenvalue weighted by Crippen LogP contribution is -2.52. The molecule has 3 amide bonds. The summed E-state index contributed by atoms with van der Waals surface area (Å²) in [5.74, 6) is -1.71. The highest BCUT2D eigenvalue weighted by molar-refractivity contribution is 8.14. The number of hydrogen-bond donors (Lipinski definition) is 12. The Morgan fingerprint density at radius 2 is 1.69 bits per heavy atom. The molecule has 5 rings (SSSR count). The Morgan fingerprint density at radius 1 is 1.01 bits per heavy atom. The molecule has 2 saturated heterocycles. The lowest BCUT2D eigenvalue weighted by atomic mass is 9.87. The predicted octanol–water partition coefficient (Wildman–Crippen LogP) is 0.429. The molecular weight excluding hydrogens is 1040 g/mol. The number of anilines is 3. The first-order valence-corrected chi connectivity index (χ1v) is 27.7. The zero-order chi connectivity index (χ0) is 53.4. The fourth-order valence-corrected chi connectivity index (χ4v) is 11.1. The van der Waals surface area contributed by atoms with Crippen molar-refractivity contribution in [1.29, 1.82) is 0 Å². The summed E-state index contributed by atoms with van der Waals surface area (Å²) in [6.07, 6.45) is -5.30. The van der Waals surface area contributed by atoms with Crippen LogP contribution in [0.4, 0.5) is 17.2 Å². The molecule has 0 aliphatic carbocycles. The summed E-state index contributed by atoms with van der Waals surface area (Å²) in [5.41, 5.74) is 4.22. The molecule has 29 nitrogen and oxygen atoms in total. The molecule has 0 spiro atoms. The number of nitrogens with one attached hydrogen (secondary N) is 3. The molecule has 3 aromatic rings. The number of ether oxygens (including phenoxy) is 1. The van der Waals surface area contributed by atoms with Crippen LogP contribution in [0.5, 0.6) is 0 Å². The van der Waals surface area contributed by atoms with Crippen LogP contribution in [0.1, 0.15) is 76.4 Å². The fraction of sp³-hybridized carbons (Fsp3) is 0.615. The van der Waals surface area contributed by atoms with Crippen LogP contribution in [-0.2, 0) is 50.7 Å². The molecule has 13 N–H and O–H groups in total. The molecule has 4 heterocycles. The Hall–Kier alpha value is -4.03. The summed E-state index contributed by atoms with van der Waals surface area (Å²) in [5, 5.41) is 50.0. The third kappa shape index (κ3) is 14.8. The lowest BCUT2D eigenvalue weighted by molar-refractivity contribution is -0.137. The molecule has 2 aromatic heterocycles. The Balaban J connectivity index is 1.06.